The number of aliphatic hydroxyl groups excluding tert-OH is 2. The number of Topliss-reactive ketones (excluding diaryl/α,β-unsaturated/α-hetero) is 1. The van der Waals surface area contributed by atoms with Gasteiger partial charge in [0.15, 0.2) is 29.0 Å². The second-order valence-corrected chi connectivity index (χ2v) is 9.04. The van der Waals surface area contributed by atoms with Gasteiger partial charge in [-0.3, -0.25) is 9.36 Å². The first-order valence-corrected chi connectivity index (χ1v) is 11.8. The molecule has 0 amide bonds. The minimum absolute atomic E-state index is 0.0325. The van der Waals surface area contributed by atoms with Crippen LogP contribution >= 0.6 is 0 Å². The van der Waals surface area contributed by atoms with Gasteiger partial charge in [-0.05, 0) is 23.7 Å². The normalized spacial score (nSPS) is 26.5. The number of fused-ring (bicyclic) bond motifs is 2. The number of rotatable bonds is 6. The number of ketones is 1. The van der Waals surface area contributed by atoms with E-state index in [0.717, 1.165) is 17.2 Å². The molecule has 2 aliphatic heterocycles. The first-order valence-electron chi connectivity index (χ1n) is 11.8. The number of carbonyl (C=O) groups is 1. The van der Waals surface area contributed by atoms with Gasteiger partial charge in [-0.1, -0.05) is 42.5 Å². The monoisotopic (exact) mass is 474 g/mol. The topological polar surface area (TPSA) is 134 Å². The third-order valence-corrected chi connectivity index (χ3v) is 6.88. The fraction of sp³-hybridized carbons (Fsp3) is 0.360. The van der Waals surface area contributed by atoms with Crippen molar-refractivity contribution in [3.8, 4) is 0 Å². The Morgan fingerprint density at radius 1 is 1.17 bits per heavy atom. The highest BCUT2D eigenvalue weighted by molar-refractivity contribution is 6.11. The molecule has 0 spiro atoms. The molecule has 2 aliphatic rings. The van der Waals surface area contributed by atoms with E-state index in [4.69, 9.17) is 4.74 Å². The molecule has 0 aliphatic carbocycles. The van der Waals surface area contributed by atoms with Crippen molar-refractivity contribution in [3.05, 3.63) is 60.7 Å². The standard InChI is InChI=1S/C25H26N6O4/c32-11-15-10-19(33)25(35-15)31-13-29-21-23(27-12-28-24(21)31)30-18-8-9-26-20(18)22(34)17-7-3-5-14-4-1-2-6-16(14)17/h1-7,12-13,15,18-20,25-26,32-33H,8-11H2,(H,27,28,30)/t15-,18?,19+,20?,25+/m0/s1. The van der Waals surface area contributed by atoms with Gasteiger partial charge in [-0.2, -0.15) is 0 Å². The molecule has 180 valence electrons. The number of imidazole rings is 1. The summed E-state index contributed by atoms with van der Waals surface area (Å²) in [7, 11) is 0. The highest BCUT2D eigenvalue weighted by Gasteiger charge is 2.37. The molecule has 35 heavy (non-hydrogen) atoms. The number of ether oxygens (including phenoxy) is 1. The molecule has 2 saturated heterocycles. The molecule has 5 atom stereocenters. The first-order chi connectivity index (χ1) is 17.1. The molecule has 0 radical (unpaired) electrons. The fourth-order valence-corrected chi connectivity index (χ4v) is 5.16. The summed E-state index contributed by atoms with van der Waals surface area (Å²) >= 11 is 0. The number of nitrogens with one attached hydrogen (secondary N) is 2. The van der Waals surface area contributed by atoms with Crippen molar-refractivity contribution in [1.29, 1.82) is 0 Å². The van der Waals surface area contributed by atoms with E-state index < -0.39 is 24.5 Å². The largest absolute Gasteiger partial charge is 0.394 e. The van der Waals surface area contributed by atoms with Gasteiger partial charge in [0.05, 0.1) is 31.1 Å². The van der Waals surface area contributed by atoms with Gasteiger partial charge in [0.1, 0.15) is 12.4 Å². The molecule has 0 saturated carbocycles. The first kappa shape index (κ1) is 22.1. The van der Waals surface area contributed by atoms with Crippen LogP contribution in [0.2, 0.25) is 0 Å². The summed E-state index contributed by atoms with van der Waals surface area (Å²) in [5.41, 5.74) is 1.73. The number of anilines is 1. The van der Waals surface area contributed by atoms with Gasteiger partial charge in [0.2, 0.25) is 0 Å². The third-order valence-electron chi connectivity index (χ3n) is 6.88. The molecular weight excluding hydrogens is 448 g/mol. The van der Waals surface area contributed by atoms with Crippen molar-refractivity contribution in [2.45, 2.75) is 43.4 Å². The van der Waals surface area contributed by atoms with E-state index in [1.807, 2.05) is 42.5 Å². The van der Waals surface area contributed by atoms with Crippen LogP contribution in [0, 0.1) is 0 Å². The Bertz CT molecular complexity index is 1390. The summed E-state index contributed by atoms with van der Waals surface area (Å²) in [6.07, 6.45) is 2.17. The highest BCUT2D eigenvalue weighted by Crippen LogP contribution is 2.32. The Morgan fingerprint density at radius 2 is 2.03 bits per heavy atom. The molecule has 10 nitrogen and oxygen atoms in total. The van der Waals surface area contributed by atoms with Crippen LogP contribution in [-0.2, 0) is 4.74 Å². The van der Waals surface area contributed by atoms with Crippen molar-refractivity contribution in [2.75, 3.05) is 18.5 Å². The van der Waals surface area contributed by atoms with E-state index in [-0.39, 0.29) is 18.4 Å². The van der Waals surface area contributed by atoms with Crippen LogP contribution in [0.1, 0.15) is 29.4 Å². The zero-order valence-corrected chi connectivity index (χ0v) is 18.9. The maximum atomic E-state index is 13.6. The summed E-state index contributed by atoms with van der Waals surface area (Å²) in [6, 6.07) is 13.1. The van der Waals surface area contributed by atoms with E-state index in [0.29, 0.717) is 35.5 Å². The van der Waals surface area contributed by atoms with Gasteiger partial charge in [0.25, 0.3) is 0 Å². The predicted octanol–water partition coefficient (Wildman–Crippen LogP) is 1.65. The van der Waals surface area contributed by atoms with E-state index >= 15 is 0 Å². The molecule has 2 aromatic carbocycles. The minimum Gasteiger partial charge on any atom is -0.394 e. The molecular formula is C25H26N6O4. The van der Waals surface area contributed by atoms with Crippen LogP contribution in [0.5, 0.6) is 0 Å². The van der Waals surface area contributed by atoms with Crippen LogP contribution in [0.4, 0.5) is 5.82 Å². The van der Waals surface area contributed by atoms with E-state index in [1.54, 1.807) is 10.9 Å². The maximum Gasteiger partial charge on any atom is 0.182 e. The summed E-state index contributed by atoms with van der Waals surface area (Å²) in [6.45, 7) is 0.537. The third kappa shape index (κ3) is 3.84. The maximum absolute atomic E-state index is 13.6. The summed E-state index contributed by atoms with van der Waals surface area (Å²) < 4.78 is 7.43. The SMILES string of the molecule is O=C(c1cccc2ccccc12)C1NCCC1Nc1ncnc2c1ncn2[C@@H]1O[C@H](CO)C[C@H]1O. The van der Waals surface area contributed by atoms with Crippen LogP contribution in [-0.4, -0.2) is 73.0 Å². The quantitative estimate of drug-likeness (QED) is 0.308. The Morgan fingerprint density at radius 3 is 2.89 bits per heavy atom. The molecule has 4 heterocycles. The van der Waals surface area contributed by atoms with Crippen molar-refractivity contribution in [3.63, 3.8) is 0 Å². The average molecular weight is 475 g/mol. The van der Waals surface area contributed by atoms with Crippen LogP contribution in [0.25, 0.3) is 21.9 Å². The van der Waals surface area contributed by atoms with E-state index in [9.17, 15) is 15.0 Å². The summed E-state index contributed by atoms with van der Waals surface area (Å²) in [5, 5.41) is 28.5. The van der Waals surface area contributed by atoms with Crippen molar-refractivity contribution >= 4 is 33.5 Å². The minimum atomic E-state index is -0.780. The lowest BCUT2D eigenvalue weighted by molar-refractivity contribution is -0.0486. The molecule has 10 heteroatoms. The number of hydrogen-bond acceptors (Lipinski definition) is 9. The number of nitrogens with zero attached hydrogens (tertiary/aromatic N) is 4. The Hall–Kier alpha value is -3.44. The van der Waals surface area contributed by atoms with E-state index in [2.05, 4.69) is 25.6 Å². The Balaban J connectivity index is 1.28. The molecule has 2 fully saturated rings. The molecule has 4 aromatic rings. The summed E-state index contributed by atoms with van der Waals surface area (Å²) in [4.78, 5) is 26.8. The lowest BCUT2D eigenvalue weighted by Gasteiger charge is -2.21. The van der Waals surface area contributed by atoms with Crippen LogP contribution < -0.4 is 10.6 Å². The Labute approximate surface area is 201 Å². The molecule has 4 N–H and O–H groups in total. The van der Waals surface area contributed by atoms with Crippen molar-refractivity contribution < 1.29 is 19.7 Å². The number of benzene rings is 2. The predicted molar refractivity (Wildman–Crippen MR) is 129 cm³/mol. The number of aliphatic hydroxyl groups is 2. The number of hydrogen-bond donors (Lipinski definition) is 4. The van der Waals surface area contributed by atoms with Crippen molar-refractivity contribution in [2.24, 2.45) is 0 Å². The molecule has 2 unspecified atom stereocenters. The van der Waals surface area contributed by atoms with Gasteiger partial charge in [-0.15, -0.1) is 0 Å². The molecule has 6 rings (SSSR count). The van der Waals surface area contributed by atoms with Crippen molar-refractivity contribution in [1.82, 2.24) is 24.8 Å². The van der Waals surface area contributed by atoms with Gasteiger partial charge in [-0.25, -0.2) is 15.0 Å². The molecule has 2 aromatic heterocycles. The lowest BCUT2D eigenvalue weighted by atomic mass is 9.94. The smallest absolute Gasteiger partial charge is 0.182 e. The fourth-order valence-electron chi connectivity index (χ4n) is 5.16. The number of carbonyl (C=O) groups excluding carboxylic acids is 1. The van der Waals surface area contributed by atoms with Crippen LogP contribution in [0.3, 0.4) is 0 Å². The Kier molecular flexibility index (Phi) is 5.65. The zero-order valence-electron chi connectivity index (χ0n) is 18.9. The van der Waals surface area contributed by atoms with Crippen LogP contribution in [0.15, 0.2) is 55.1 Å². The second-order valence-electron chi connectivity index (χ2n) is 9.04. The lowest BCUT2D eigenvalue weighted by Crippen LogP contribution is -2.42. The summed E-state index contributed by atoms with van der Waals surface area (Å²) in [5.74, 6) is 0.550. The van der Waals surface area contributed by atoms with E-state index in [1.165, 1.54) is 6.33 Å². The van der Waals surface area contributed by atoms with Gasteiger partial charge < -0.3 is 25.6 Å². The average Bonchev–Trinajstić information content (AvgIpc) is 3.62. The molecule has 0 bridgehead atoms. The highest BCUT2D eigenvalue weighted by atomic mass is 16.5. The number of aromatic nitrogens is 4. The van der Waals surface area contributed by atoms with Gasteiger partial charge >= 0.3 is 0 Å². The zero-order chi connectivity index (χ0) is 23.9. The second kappa shape index (κ2) is 8.97. The van der Waals surface area contributed by atoms with Gasteiger partial charge in [0, 0.05) is 12.0 Å².